The minimum absolute atomic E-state index is 0.00708. The van der Waals surface area contributed by atoms with Gasteiger partial charge in [0.2, 0.25) is 5.78 Å². The maximum absolute atomic E-state index is 11.8. The summed E-state index contributed by atoms with van der Waals surface area (Å²) in [5, 5.41) is 10.3. The van der Waals surface area contributed by atoms with Crippen molar-refractivity contribution in [3.63, 3.8) is 0 Å². The van der Waals surface area contributed by atoms with E-state index in [0.29, 0.717) is 29.8 Å². The van der Waals surface area contributed by atoms with Crippen LogP contribution in [0, 0.1) is 18.3 Å². The van der Waals surface area contributed by atoms with Crippen LogP contribution in [0.3, 0.4) is 0 Å². The Bertz CT molecular complexity index is 1520. The molecule has 0 amide bonds. The van der Waals surface area contributed by atoms with Crippen LogP contribution >= 0.6 is 0 Å². The third-order valence-corrected chi connectivity index (χ3v) is 7.54. The zero-order valence-electron chi connectivity index (χ0n) is 20.6. The molecule has 0 saturated carbocycles. The van der Waals surface area contributed by atoms with Crippen LogP contribution in [0.2, 0.25) is 0 Å². The molecule has 4 atom stereocenters. The first kappa shape index (κ1) is 23.3. The lowest BCUT2D eigenvalue weighted by Crippen LogP contribution is -2.44. The number of rotatable bonds is 7. The number of hydrogen-bond donors (Lipinski definition) is 2. The van der Waals surface area contributed by atoms with E-state index >= 15 is 0 Å². The number of carbonyl (C=O) groups excluding carboxylic acids is 1. The number of carbonyl (C=O) groups is 1. The van der Waals surface area contributed by atoms with Crippen LogP contribution in [0.4, 0.5) is 11.5 Å². The normalized spacial score (nSPS) is 22.5. The van der Waals surface area contributed by atoms with Gasteiger partial charge in [0.05, 0.1) is 12.6 Å². The molecule has 7 heteroatoms. The molecule has 4 unspecified atom stereocenters. The van der Waals surface area contributed by atoms with Crippen LogP contribution in [-0.4, -0.2) is 41.0 Å². The Hall–Kier alpha value is -4.15. The summed E-state index contributed by atoms with van der Waals surface area (Å²) >= 11 is 0. The van der Waals surface area contributed by atoms with Gasteiger partial charge in [0.1, 0.15) is 18.2 Å². The number of aromatic nitrogens is 2. The van der Waals surface area contributed by atoms with E-state index in [9.17, 15) is 4.79 Å². The second kappa shape index (κ2) is 9.72. The van der Waals surface area contributed by atoms with Gasteiger partial charge in [-0.3, -0.25) is 4.79 Å². The molecule has 0 radical (unpaired) electrons. The first-order valence-corrected chi connectivity index (χ1v) is 12.6. The summed E-state index contributed by atoms with van der Waals surface area (Å²) in [5.41, 5.74) is 1.74. The SMILES string of the molecule is C#CC(=O)CC1CC2CC(Oc3cc4c(Nc5cccc6ccccc56)ncnc4cc3OC)CC1N2. The highest BCUT2D eigenvalue weighted by Crippen LogP contribution is 2.40. The topological polar surface area (TPSA) is 85.4 Å². The number of ether oxygens (including phenoxy) is 2. The molecule has 0 aliphatic carbocycles. The van der Waals surface area contributed by atoms with E-state index in [2.05, 4.69) is 44.7 Å². The molecule has 6 rings (SSSR count). The third-order valence-electron chi connectivity index (χ3n) is 7.54. The summed E-state index contributed by atoms with van der Waals surface area (Å²) in [4.78, 5) is 20.9. The smallest absolute Gasteiger partial charge is 0.205 e. The molecule has 2 fully saturated rings. The molecule has 7 nitrogen and oxygen atoms in total. The minimum Gasteiger partial charge on any atom is -0.493 e. The molecule has 3 aromatic carbocycles. The number of benzene rings is 3. The molecular weight excluding hydrogens is 464 g/mol. The van der Waals surface area contributed by atoms with Crippen molar-refractivity contribution in [3.05, 3.63) is 60.9 Å². The summed E-state index contributed by atoms with van der Waals surface area (Å²) < 4.78 is 12.2. The summed E-state index contributed by atoms with van der Waals surface area (Å²) in [5.74, 6) is 4.38. The van der Waals surface area contributed by atoms with Gasteiger partial charge >= 0.3 is 0 Å². The van der Waals surface area contributed by atoms with Crippen LogP contribution < -0.4 is 20.1 Å². The van der Waals surface area contributed by atoms with E-state index in [1.165, 1.54) is 0 Å². The van der Waals surface area contributed by atoms with Gasteiger partial charge in [0.15, 0.2) is 11.5 Å². The van der Waals surface area contributed by atoms with Gasteiger partial charge in [-0.25, -0.2) is 9.97 Å². The van der Waals surface area contributed by atoms with Crippen LogP contribution in [0.5, 0.6) is 11.5 Å². The molecule has 186 valence electrons. The van der Waals surface area contributed by atoms with E-state index < -0.39 is 0 Å². The van der Waals surface area contributed by atoms with Gasteiger partial charge in [-0.15, -0.1) is 6.42 Å². The quantitative estimate of drug-likeness (QED) is 0.277. The Kier molecular flexibility index (Phi) is 6.11. The van der Waals surface area contributed by atoms with Crippen molar-refractivity contribution in [2.45, 2.75) is 43.9 Å². The van der Waals surface area contributed by atoms with Gasteiger partial charge in [0.25, 0.3) is 0 Å². The zero-order valence-corrected chi connectivity index (χ0v) is 20.6. The molecule has 3 heterocycles. The molecule has 2 bridgehead atoms. The molecular formula is C30H28N4O3. The second-order valence-corrected chi connectivity index (χ2v) is 9.84. The minimum atomic E-state index is -0.126. The van der Waals surface area contributed by atoms with Gasteiger partial charge < -0.3 is 20.1 Å². The third kappa shape index (κ3) is 4.56. The molecule has 2 N–H and O–H groups in total. The predicted octanol–water partition coefficient (Wildman–Crippen LogP) is 5.02. The monoisotopic (exact) mass is 492 g/mol. The number of terminal acetylenes is 1. The van der Waals surface area contributed by atoms with Crippen molar-refractivity contribution < 1.29 is 14.3 Å². The van der Waals surface area contributed by atoms with Crippen molar-refractivity contribution in [2.24, 2.45) is 5.92 Å². The Morgan fingerprint density at radius 1 is 1.08 bits per heavy atom. The number of hydrogen-bond acceptors (Lipinski definition) is 7. The first-order valence-electron chi connectivity index (χ1n) is 12.6. The fourth-order valence-corrected chi connectivity index (χ4v) is 5.83. The van der Waals surface area contributed by atoms with Crippen LogP contribution in [0.1, 0.15) is 25.7 Å². The number of fused-ring (bicyclic) bond motifs is 4. The molecule has 4 aromatic rings. The van der Waals surface area contributed by atoms with E-state index in [0.717, 1.165) is 46.6 Å². The number of nitrogens with zero attached hydrogens (tertiary/aromatic N) is 2. The fourth-order valence-electron chi connectivity index (χ4n) is 5.83. The largest absolute Gasteiger partial charge is 0.493 e. The molecule has 0 spiro atoms. The first-order chi connectivity index (χ1) is 18.1. The van der Waals surface area contributed by atoms with Gasteiger partial charge in [-0.1, -0.05) is 36.4 Å². The van der Waals surface area contributed by atoms with Crippen molar-refractivity contribution in [2.75, 3.05) is 12.4 Å². The standard InChI is InChI=1S/C30H28N4O3/c1-3-21(35)12-19-11-20-13-22(14-26(19)33-20)37-29-15-24-27(16-28(29)36-2)31-17-32-30(24)34-25-10-6-8-18-7-4-5-9-23(18)25/h1,4-10,15-17,19-20,22,26,33H,11-14H2,2H3,(H,31,32,34). The maximum Gasteiger partial charge on any atom is 0.205 e. The van der Waals surface area contributed by atoms with Gasteiger partial charge in [-0.2, -0.15) is 0 Å². The van der Waals surface area contributed by atoms with E-state index in [1.807, 2.05) is 36.4 Å². The molecule has 2 aliphatic rings. The number of Topliss-reactive ketones (excluding diaryl/α,β-unsaturated/α-hetero) is 1. The highest BCUT2D eigenvalue weighted by atomic mass is 16.5. The lowest BCUT2D eigenvalue weighted by Gasteiger charge is -2.31. The number of methoxy groups -OCH3 is 1. The average Bonchev–Trinajstić information content (AvgIpc) is 3.20. The highest BCUT2D eigenvalue weighted by Gasteiger charge is 2.42. The van der Waals surface area contributed by atoms with Crippen molar-refractivity contribution >= 4 is 39.0 Å². The molecule has 37 heavy (non-hydrogen) atoms. The van der Waals surface area contributed by atoms with E-state index in [4.69, 9.17) is 15.9 Å². The van der Waals surface area contributed by atoms with Crippen LogP contribution in [-0.2, 0) is 4.79 Å². The fraction of sp³-hybridized carbons (Fsp3) is 0.300. The van der Waals surface area contributed by atoms with Crippen LogP contribution in [0.15, 0.2) is 60.9 Å². The van der Waals surface area contributed by atoms with Gasteiger partial charge in [0, 0.05) is 41.0 Å². The number of anilines is 2. The molecule has 2 saturated heterocycles. The second-order valence-electron chi connectivity index (χ2n) is 9.84. The van der Waals surface area contributed by atoms with Crippen LogP contribution in [0.25, 0.3) is 21.7 Å². The summed E-state index contributed by atoms with van der Waals surface area (Å²) in [6, 6.07) is 18.8. The molecule has 2 aliphatic heterocycles. The highest BCUT2D eigenvalue weighted by molar-refractivity contribution is 5.99. The lowest BCUT2D eigenvalue weighted by atomic mass is 9.93. The summed E-state index contributed by atoms with van der Waals surface area (Å²) in [7, 11) is 1.64. The lowest BCUT2D eigenvalue weighted by molar-refractivity contribution is -0.114. The average molecular weight is 493 g/mol. The summed E-state index contributed by atoms with van der Waals surface area (Å²) in [6.45, 7) is 0. The Morgan fingerprint density at radius 2 is 1.95 bits per heavy atom. The van der Waals surface area contributed by atoms with E-state index in [1.54, 1.807) is 13.4 Å². The Balaban J connectivity index is 1.29. The van der Waals surface area contributed by atoms with E-state index in [-0.39, 0.29) is 23.8 Å². The number of piperidine rings is 1. The molecule has 1 aromatic heterocycles. The number of nitrogens with one attached hydrogen (secondary N) is 2. The number of ketones is 1. The van der Waals surface area contributed by atoms with Gasteiger partial charge in [-0.05, 0) is 48.6 Å². The van der Waals surface area contributed by atoms with Crippen molar-refractivity contribution in [1.29, 1.82) is 0 Å². The van der Waals surface area contributed by atoms with Crippen molar-refractivity contribution in [3.8, 4) is 23.8 Å². The Labute approximate surface area is 215 Å². The summed E-state index contributed by atoms with van der Waals surface area (Å²) in [6.07, 6.45) is 9.92. The predicted molar refractivity (Wildman–Crippen MR) is 144 cm³/mol. The van der Waals surface area contributed by atoms with Crippen molar-refractivity contribution in [1.82, 2.24) is 15.3 Å². The zero-order chi connectivity index (χ0) is 25.4. The Morgan fingerprint density at radius 3 is 2.81 bits per heavy atom. The maximum atomic E-state index is 11.8.